The van der Waals surface area contributed by atoms with Crippen LogP contribution in [0.2, 0.25) is 0 Å². The van der Waals surface area contributed by atoms with Gasteiger partial charge in [-0.25, -0.2) is 54.4 Å². The second-order valence-electron chi connectivity index (χ2n) is 34.1. The maximum absolute atomic E-state index is 5.16. The highest BCUT2D eigenvalue weighted by molar-refractivity contribution is 6.33. The largest absolute Gasteiger partial charge is 0.332 e. The van der Waals surface area contributed by atoms with E-state index in [9.17, 15) is 0 Å². The lowest BCUT2D eigenvalue weighted by Gasteiger charge is -2.15. The van der Waals surface area contributed by atoms with Gasteiger partial charge in [0.1, 0.15) is 16.8 Å². The van der Waals surface area contributed by atoms with E-state index in [0.29, 0.717) is 40.8 Å². The zero-order chi connectivity index (χ0) is 89.0. The Balaban J connectivity index is 0.000000106. The van der Waals surface area contributed by atoms with E-state index in [1.807, 2.05) is 170 Å². The van der Waals surface area contributed by atoms with Gasteiger partial charge in [-0.2, -0.15) is 0 Å². The van der Waals surface area contributed by atoms with Gasteiger partial charge in [-0.1, -0.05) is 358 Å². The van der Waals surface area contributed by atoms with Crippen molar-refractivity contribution in [3.63, 3.8) is 0 Å². The quantitative estimate of drug-likeness (QED) is 0.0955. The number of aliphatic imine (C=N–C) groups is 1. The SMILES string of the molecule is C1=CC2=Nc3c4ccc5ccccc5c4c4cc(-c5cccc(-c6nc(-c7ccccc7)nc(-c7ccccc7)n6)c5)ccc4[n+]3C2C=C1.c1ccc(-c2cc(-c3ccccc3)nc(-c3ccc4c(c3)c3c5ccccc5ccc3c3nc5ccccn5c43)n2)cc1.c1ccc(-c2nc(-c3ccccc3)nc(-c3ccc4c(c3)c3c5ccccc5ccc3c3nc5ccccn5c43)n2)cc1. The Morgan fingerprint density at radius 1 is 0.222 bits per heavy atom. The Labute approximate surface area is 773 Å². The van der Waals surface area contributed by atoms with Crippen LogP contribution in [0.3, 0.4) is 0 Å². The minimum absolute atomic E-state index is 0.0778. The van der Waals surface area contributed by atoms with Crippen LogP contribution in [0.15, 0.2) is 454 Å². The molecule has 0 amide bonds. The smallest absolute Gasteiger partial charge is 0.299 e. The predicted molar refractivity (Wildman–Crippen MR) is 551 cm³/mol. The van der Waals surface area contributed by atoms with Crippen molar-refractivity contribution < 1.29 is 4.57 Å². The van der Waals surface area contributed by atoms with Crippen molar-refractivity contribution in [3.8, 4) is 113 Å². The molecule has 0 spiro atoms. The molecular formula is C121H75N14+. The molecule has 0 saturated carbocycles. The van der Waals surface area contributed by atoms with Crippen LogP contribution in [0, 0.1) is 0 Å². The molecule has 1 unspecified atom stereocenters. The number of benzene rings is 18. The molecule has 14 nitrogen and oxygen atoms in total. The molecule has 0 radical (unpaired) electrons. The summed E-state index contributed by atoms with van der Waals surface area (Å²) in [6.45, 7) is 0. The monoisotopic (exact) mass is 1720 g/mol. The summed E-state index contributed by atoms with van der Waals surface area (Å²) in [4.78, 5) is 55.4. The van der Waals surface area contributed by atoms with E-state index in [1.165, 1.54) is 59.4 Å². The summed E-state index contributed by atoms with van der Waals surface area (Å²) in [6.07, 6.45) is 12.8. The van der Waals surface area contributed by atoms with Gasteiger partial charge in [0.15, 0.2) is 46.8 Å². The summed E-state index contributed by atoms with van der Waals surface area (Å²) in [5.41, 5.74) is 21.2. The first-order valence-corrected chi connectivity index (χ1v) is 45.3. The van der Waals surface area contributed by atoms with Gasteiger partial charge in [0.2, 0.25) is 5.71 Å². The molecular weight excluding hydrogens is 1650 g/mol. The summed E-state index contributed by atoms with van der Waals surface area (Å²) in [6, 6.07) is 143. The van der Waals surface area contributed by atoms with E-state index in [1.54, 1.807) is 0 Å². The third kappa shape index (κ3) is 13.6. The third-order valence-electron chi connectivity index (χ3n) is 26.2. The van der Waals surface area contributed by atoms with Crippen LogP contribution in [0.1, 0.15) is 6.04 Å². The molecule has 1 aliphatic heterocycles. The molecule has 9 heterocycles. The standard InChI is InChI=1S/C44H28N5.C39H24N4.C38H23N5/c1-3-13-29(14-4-1)41-46-42(30-15-5-2-6-16-30)48-43(47-41)33-18-11-17-31(26-33)32-23-25-38-36(27-32)40-34-19-8-7-12-28(34)22-24-35(40)44-45-37-20-9-10-21-39(37)49(38)44;1-3-12-26(13-4-1)33-24-34(27-14-5-2-6-15-27)41-39(40-33)28-19-20-30-32(23-28)36-29-16-8-7-11-25(29)18-21-31(36)37-38(30)43-22-10-9-17-35(43)42-37;1-3-12-25(13-4-1)36-40-37(26-14-5-2-6-15-26)42-38(41-36)27-19-20-29-31(23-27)33-28-16-8-7-11-24(28)18-21-30(33)34-35(29)43-22-10-9-17-32(43)39-34/h1-27,39H;1-24H;1-23H/q+1;;. The molecule has 135 heavy (non-hydrogen) atoms. The van der Waals surface area contributed by atoms with Gasteiger partial charge in [-0.05, 0) is 149 Å². The van der Waals surface area contributed by atoms with Crippen molar-refractivity contribution in [1.82, 2.24) is 58.6 Å². The normalized spacial score (nSPS) is 12.8. The number of pyridine rings is 3. The topological polar surface area (TPSA) is 154 Å². The fraction of sp³-hybridized carbons (Fsp3) is 0.00826. The number of nitrogens with zero attached hydrogens (tertiary/aromatic N) is 14. The second-order valence-corrected chi connectivity index (χ2v) is 34.1. The van der Waals surface area contributed by atoms with E-state index in [4.69, 9.17) is 54.8 Å². The fourth-order valence-electron chi connectivity index (χ4n) is 19.9. The average molecular weight is 1730 g/mol. The highest BCUT2D eigenvalue weighted by atomic mass is 15.2. The number of rotatable bonds is 10. The highest BCUT2D eigenvalue weighted by Gasteiger charge is 2.38. The molecule has 0 N–H and O–H groups in total. The Hall–Kier alpha value is -18.4. The molecule has 26 aromatic rings. The Morgan fingerprint density at radius 3 is 1.03 bits per heavy atom. The molecule has 1 aliphatic carbocycles. The van der Waals surface area contributed by atoms with Gasteiger partial charge in [0.25, 0.3) is 0 Å². The summed E-state index contributed by atoms with van der Waals surface area (Å²) in [7, 11) is 0. The van der Waals surface area contributed by atoms with E-state index >= 15 is 0 Å². The maximum Gasteiger partial charge on any atom is 0.332 e. The first-order valence-electron chi connectivity index (χ1n) is 45.3. The second kappa shape index (κ2) is 32.4. The number of hydrogen-bond donors (Lipinski definition) is 0. The molecule has 0 saturated heterocycles. The fourth-order valence-corrected chi connectivity index (χ4v) is 19.9. The van der Waals surface area contributed by atoms with E-state index in [-0.39, 0.29) is 6.04 Å². The van der Waals surface area contributed by atoms with Crippen LogP contribution in [0.5, 0.6) is 0 Å². The predicted octanol–water partition coefficient (Wildman–Crippen LogP) is 28.9. The third-order valence-corrected chi connectivity index (χ3v) is 26.2. The summed E-state index contributed by atoms with van der Waals surface area (Å²) >= 11 is 0. The Kier molecular flexibility index (Phi) is 18.6. The van der Waals surface area contributed by atoms with Crippen molar-refractivity contribution in [3.05, 3.63) is 449 Å². The van der Waals surface area contributed by atoms with E-state index in [2.05, 4.69) is 293 Å². The lowest BCUT2D eigenvalue weighted by Crippen LogP contribution is -2.40. The van der Waals surface area contributed by atoms with Crippen LogP contribution >= 0.6 is 0 Å². The molecule has 18 aromatic carbocycles. The lowest BCUT2D eigenvalue weighted by molar-refractivity contribution is -0.651. The lowest BCUT2D eigenvalue weighted by atomic mass is 9.93. The molecule has 14 heteroatoms. The molecule has 2 aliphatic rings. The van der Waals surface area contributed by atoms with Crippen LogP contribution in [-0.2, 0) is 0 Å². The zero-order valence-electron chi connectivity index (χ0n) is 72.6. The van der Waals surface area contributed by atoms with E-state index in [0.717, 1.165) is 155 Å². The number of fused-ring (bicyclic) bond motifs is 30. The minimum atomic E-state index is 0.0778. The van der Waals surface area contributed by atoms with Crippen molar-refractivity contribution in [2.75, 3.05) is 0 Å². The van der Waals surface area contributed by atoms with Crippen LogP contribution in [0.25, 0.3) is 244 Å². The van der Waals surface area contributed by atoms with Gasteiger partial charge in [0.05, 0.1) is 38.8 Å². The number of aromatic nitrogens is 13. The average Bonchev–Trinajstić information content (AvgIpc) is 1.70. The van der Waals surface area contributed by atoms with Gasteiger partial charge in [0, 0.05) is 94.8 Å². The van der Waals surface area contributed by atoms with Crippen molar-refractivity contribution in [1.29, 1.82) is 0 Å². The Morgan fingerprint density at radius 2 is 0.570 bits per heavy atom. The first kappa shape index (κ1) is 77.7. The Bertz CT molecular complexity index is 8900. The summed E-state index contributed by atoms with van der Waals surface area (Å²) < 4.78 is 6.78. The molecule has 0 fully saturated rings. The van der Waals surface area contributed by atoms with Gasteiger partial charge in [-0.15, -0.1) is 0 Å². The van der Waals surface area contributed by atoms with Crippen molar-refractivity contribution in [2.24, 2.45) is 4.99 Å². The zero-order valence-corrected chi connectivity index (χ0v) is 72.6. The molecule has 28 rings (SSSR count). The first-order chi connectivity index (χ1) is 66.9. The highest BCUT2D eigenvalue weighted by Crippen LogP contribution is 2.46. The van der Waals surface area contributed by atoms with Crippen LogP contribution < -0.4 is 4.57 Å². The number of hydrogen-bond acceptors (Lipinski definition) is 11. The molecule has 8 aromatic heterocycles. The maximum atomic E-state index is 5.16. The molecule has 628 valence electrons. The molecule has 1 atom stereocenters. The van der Waals surface area contributed by atoms with Crippen LogP contribution in [-0.4, -0.2) is 64.4 Å². The van der Waals surface area contributed by atoms with Crippen LogP contribution in [0.4, 0.5) is 5.82 Å². The summed E-state index contributed by atoms with van der Waals surface area (Å²) in [5.74, 6) is 5.60. The van der Waals surface area contributed by atoms with Gasteiger partial charge in [-0.3, -0.25) is 8.80 Å². The van der Waals surface area contributed by atoms with Crippen molar-refractivity contribution >= 4 is 142 Å². The van der Waals surface area contributed by atoms with Gasteiger partial charge >= 0.3 is 5.82 Å². The van der Waals surface area contributed by atoms with Gasteiger partial charge < -0.3 is 0 Å². The number of imidazole rings is 2. The number of allylic oxidation sites excluding steroid dienone is 4. The van der Waals surface area contributed by atoms with Crippen molar-refractivity contribution in [2.45, 2.75) is 6.04 Å². The minimum Gasteiger partial charge on any atom is -0.299 e. The summed E-state index contributed by atoms with van der Waals surface area (Å²) in [5, 5.41) is 20.1. The van der Waals surface area contributed by atoms with E-state index < -0.39 is 0 Å². The molecule has 0 bridgehead atoms.